The van der Waals surface area contributed by atoms with Crippen LogP contribution in [0.5, 0.6) is 5.75 Å². The van der Waals surface area contributed by atoms with Gasteiger partial charge in [-0.25, -0.2) is 4.98 Å². The van der Waals surface area contributed by atoms with E-state index in [1.54, 1.807) is 0 Å². The van der Waals surface area contributed by atoms with E-state index in [4.69, 9.17) is 10.2 Å². The number of nitrogens with zero attached hydrogens (tertiary/aromatic N) is 2. The van der Waals surface area contributed by atoms with Crippen LogP contribution < -0.4 is 5.73 Å². The van der Waals surface area contributed by atoms with Crippen molar-refractivity contribution in [2.45, 2.75) is 0 Å². The summed E-state index contributed by atoms with van der Waals surface area (Å²) in [6.07, 6.45) is 1.29. The monoisotopic (exact) mass is 221 g/mol. The molecule has 0 bridgehead atoms. The molecule has 0 amide bonds. The lowest BCUT2D eigenvalue weighted by Crippen LogP contribution is -1.88. The zero-order valence-electron chi connectivity index (χ0n) is 7.95. The minimum atomic E-state index is -0.567. The number of rotatable bonds is 2. The van der Waals surface area contributed by atoms with E-state index in [9.17, 15) is 15.2 Å². The topological polar surface area (TPSA) is 115 Å². The number of nitro benzene ring substituents is 1. The first-order valence-corrected chi connectivity index (χ1v) is 4.27. The van der Waals surface area contributed by atoms with Gasteiger partial charge in [0.05, 0.1) is 16.7 Å². The summed E-state index contributed by atoms with van der Waals surface area (Å²) in [6, 6.07) is 3.53. The lowest BCUT2D eigenvalue weighted by Gasteiger charge is -1.99. The zero-order valence-corrected chi connectivity index (χ0v) is 7.95. The number of nitrogens with two attached hydrogens (primary N) is 1. The van der Waals surface area contributed by atoms with Crippen molar-refractivity contribution in [1.82, 2.24) is 4.98 Å². The van der Waals surface area contributed by atoms with Crippen molar-refractivity contribution in [1.29, 1.82) is 0 Å². The highest BCUT2D eigenvalue weighted by Crippen LogP contribution is 2.33. The van der Waals surface area contributed by atoms with E-state index < -0.39 is 4.92 Å². The maximum atomic E-state index is 10.6. The maximum Gasteiger partial charge on any atom is 0.292 e. The molecule has 0 fully saturated rings. The lowest BCUT2D eigenvalue weighted by molar-refractivity contribution is -0.384. The molecule has 0 saturated carbocycles. The Hall–Kier alpha value is -2.57. The number of aromatic nitrogens is 1. The van der Waals surface area contributed by atoms with Crippen LogP contribution in [0.1, 0.15) is 0 Å². The largest absolute Gasteiger partial charge is 0.507 e. The van der Waals surface area contributed by atoms with Gasteiger partial charge in [0.1, 0.15) is 5.75 Å². The summed E-state index contributed by atoms with van der Waals surface area (Å²) >= 11 is 0. The van der Waals surface area contributed by atoms with Crippen LogP contribution in [0.25, 0.3) is 11.3 Å². The first kappa shape index (κ1) is 9.97. The van der Waals surface area contributed by atoms with E-state index >= 15 is 0 Å². The number of hydrogen-bond acceptors (Lipinski definition) is 6. The SMILES string of the molecule is Nc1ncc(-c2cc([N+](=O)[O-])ccc2O)o1. The van der Waals surface area contributed by atoms with Gasteiger partial charge in [0.25, 0.3) is 11.7 Å². The third kappa shape index (κ3) is 1.65. The average Bonchev–Trinajstić information content (AvgIpc) is 2.65. The number of oxazole rings is 1. The van der Waals surface area contributed by atoms with Crippen molar-refractivity contribution >= 4 is 11.7 Å². The van der Waals surface area contributed by atoms with Gasteiger partial charge in [-0.15, -0.1) is 0 Å². The molecule has 0 atom stereocenters. The third-order valence-electron chi connectivity index (χ3n) is 1.98. The van der Waals surface area contributed by atoms with Gasteiger partial charge in [0.2, 0.25) is 0 Å². The van der Waals surface area contributed by atoms with Crippen LogP contribution in [-0.2, 0) is 0 Å². The van der Waals surface area contributed by atoms with Crippen LogP contribution in [0.2, 0.25) is 0 Å². The van der Waals surface area contributed by atoms with Gasteiger partial charge in [-0.2, -0.15) is 0 Å². The predicted octanol–water partition coefficient (Wildman–Crippen LogP) is 1.54. The molecule has 82 valence electrons. The molecule has 1 heterocycles. The molecule has 0 aliphatic rings. The third-order valence-corrected chi connectivity index (χ3v) is 1.98. The molecule has 0 aliphatic heterocycles. The average molecular weight is 221 g/mol. The molecule has 16 heavy (non-hydrogen) atoms. The quantitative estimate of drug-likeness (QED) is 0.586. The summed E-state index contributed by atoms with van der Waals surface area (Å²) in [6.45, 7) is 0. The molecular weight excluding hydrogens is 214 g/mol. The Labute approximate surface area is 89.3 Å². The highest BCUT2D eigenvalue weighted by atomic mass is 16.6. The Kier molecular flexibility index (Phi) is 2.20. The predicted molar refractivity (Wildman–Crippen MR) is 54.7 cm³/mol. The molecule has 1 aromatic carbocycles. The van der Waals surface area contributed by atoms with E-state index in [0.29, 0.717) is 0 Å². The molecular formula is C9H7N3O4. The van der Waals surface area contributed by atoms with E-state index in [1.807, 2.05) is 0 Å². The van der Waals surface area contributed by atoms with Crippen LogP contribution in [-0.4, -0.2) is 15.0 Å². The number of phenols is 1. The number of anilines is 1. The molecule has 0 saturated heterocycles. The summed E-state index contributed by atoms with van der Waals surface area (Å²) in [5, 5.41) is 20.1. The van der Waals surface area contributed by atoms with Crippen molar-refractivity contribution in [3.8, 4) is 17.1 Å². The number of nitro groups is 1. The standard InChI is InChI=1S/C9H7N3O4/c10-9-11-4-8(16-9)6-3-5(12(14)15)1-2-7(6)13/h1-4,13H,(H2,10,11). The minimum absolute atomic E-state index is 0.0686. The fraction of sp³-hybridized carbons (Fsp3) is 0. The van der Waals surface area contributed by atoms with Gasteiger partial charge in [-0.3, -0.25) is 10.1 Å². The Morgan fingerprint density at radius 3 is 2.81 bits per heavy atom. The molecule has 2 aromatic rings. The van der Waals surface area contributed by atoms with Gasteiger partial charge >= 0.3 is 0 Å². The number of benzene rings is 1. The van der Waals surface area contributed by atoms with Gasteiger partial charge in [0, 0.05) is 12.1 Å². The van der Waals surface area contributed by atoms with Gasteiger partial charge in [-0.1, -0.05) is 0 Å². The van der Waals surface area contributed by atoms with Crippen molar-refractivity contribution in [3.05, 3.63) is 34.5 Å². The van der Waals surface area contributed by atoms with Crippen molar-refractivity contribution in [3.63, 3.8) is 0 Å². The summed E-state index contributed by atoms with van der Waals surface area (Å²) < 4.78 is 4.97. The molecule has 7 nitrogen and oxygen atoms in total. The summed E-state index contributed by atoms with van der Waals surface area (Å²) in [4.78, 5) is 13.6. The molecule has 0 spiro atoms. The van der Waals surface area contributed by atoms with Crippen molar-refractivity contribution in [2.24, 2.45) is 0 Å². The summed E-state index contributed by atoms with van der Waals surface area (Å²) in [5.41, 5.74) is 5.30. The number of nitrogen functional groups attached to an aromatic ring is 1. The minimum Gasteiger partial charge on any atom is -0.507 e. The van der Waals surface area contributed by atoms with Crippen LogP contribution >= 0.6 is 0 Å². The number of phenolic OH excluding ortho intramolecular Hbond substituents is 1. The van der Waals surface area contributed by atoms with E-state index in [1.165, 1.54) is 24.4 Å². The Morgan fingerprint density at radius 1 is 1.50 bits per heavy atom. The second-order valence-corrected chi connectivity index (χ2v) is 3.02. The fourth-order valence-electron chi connectivity index (χ4n) is 1.25. The van der Waals surface area contributed by atoms with E-state index in [0.717, 1.165) is 0 Å². The first-order valence-electron chi connectivity index (χ1n) is 4.27. The highest BCUT2D eigenvalue weighted by Gasteiger charge is 2.14. The van der Waals surface area contributed by atoms with Gasteiger partial charge in [0.15, 0.2) is 5.76 Å². The van der Waals surface area contributed by atoms with Gasteiger partial charge in [-0.05, 0) is 6.07 Å². The second-order valence-electron chi connectivity index (χ2n) is 3.02. The Balaban J connectivity index is 2.55. The first-order chi connectivity index (χ1) is 7.58. The lowest BCUT2D eigenvalue weighted by atomic mass is 10.1. The highest BCUT2D eigenvalue weighted by molar-refractivity contribution is 5.68. The Bertz CT molecular complexity index is 549. The molecule has 2 rings (SSSR count). The normalized spacial score (nSPS) is 10.2. The van der Waals surface area contributed by atoms with Crippen LogP contribution in [0.3, 0.4) is 0 Å². The van der Waals surface area contributed by atoms with Crippen LogP contribution in [0.4, 0.5) is 11.7 Å². The van der Waals surface area contributed by atoms with Crippen molar-refractivity contribution in [2.75, 3.05) is 5.73 Å². The maximum absolute atomic E-state index is 10.6. The molecule has 1 aromatic heterocycles. The molecule has 0 aliphatic carbocycles. The second kappa shape index (κ2) is 3.54. The number of non-ortho nitro benzene ring substituents is 1. The molecule has 7 heteroatoms. The van der Waals surface area contributed by atoms with Gasteiger partial charge < -0.3 is 15.3 Å². The van der Waals surface area contributed by atoms with Crippen molar-refractivity contribution < 1.29 is 14.4 Å². The van der Waals surface area contributed by atoms with E-state index in [2.05, 4.69) is 4.98 Å². The number of aromatic hydroxyl groups is 1. The molecule has 3 N–H and O–H groups in total. The molecule has 0 unspecified atom stereocenters. The summed E-state index contributed by atoms with van der Waals surface area (Å²) in [5.74, 6) is 0.0421. The van der Waals surface area contributed by atoms with Crippen LogP contribution in [0.15, 0.2) is 28.8 Å². The smallest absolute Gasteiger partial charge is 0.292 e. The Morgan fingerprint density at radius 2 is 2.25 bits per heavy atom. The summed E-state index contributed by atoms with van der Waals surface area (Å²) in [7, 11) is 0. The zero-order chi connectivity index (χ0) is 11.7. The fourth-order valence-corrected chi connectivity index (χ4v) is 1.25. The molecule has 0 radical (unpaired) electrons. The number of hydrogen-bond donors (Lipinski definition) is 2. The van der Waals surface area contributed by atoms with Crippen LogP contribution in [0, 0.1) is 10.1 Å². The van der Waals surface area contributed by atoms with E-state index in [-0.39, 0.29) is 28.8 Å².